The van der Waals surface area contributed by atoms with Crippen molar-refractivity contribution in [2.24, 2.45) is 5.92 Å². The van der Waals surface area contributed by atoms with Gasteiger partial charge < -0.3 is 4.90 Å². The quantitative estimate of drug-likeness (QED) is 0.545. The Hall–Kier alpha value is -2.59. The van der Waals surface area contributed by atoms with Gasteiger partial charge in [-0.2, -0.15) is 5.10 Å². The summed E-state index contributed by atoms with van der Waals surface area (Å²) in [4.78, 5) is 12.0. The largest absolute Gasteiger partial charge is 0.355 e. The van der Waals surface area contributed by atoms with Crippen molar-refractivity contribution in [3.8, 4) is 5.69 Å². The lowest BCUT2D eigenvalue weighted by molar-refractivity contribution is 0.437. The predicted octanol–water partition coefficient (Wildman–Crippen LogP) is 3.32. The summed E-state index contributed by atoms with van der Waals surface area (Å²) in [5, 5.41) is 5.57. The lowest BCUT2D eigenvalue weighted by atomic mass is 10.1. The van der Waals surface area contributed by atoms with Gasteiger partial charge in [0.15, 0.2) is 5.65 Å². The second kappa shape index (κ2) is 9.34. The van der Waals surface area contributed by atoms with E-state index in [0.717, 1.165) is 41.3 Å². The first-order valence-electron chi connectivity index (χ1n) is 11.4. The van der Waals surface area contributed by atoms with Gasteiger partial charge >= 0.3 is 0 Å². The van der Waals surface area contributed by atoms with Crippen molar-refractivity contribution in [2.45, 2.75) is 40.0 Å². The zero-order chi connectivity index (χ0) is 23.8. The summed E-state index contributed by atoms with van der Waals surface area (Å²) in [6.45, 7) is 8.41. The summed E-state index contributed by atoms with van der Waals surface area (Å²) < 4.78 is 40.9. The lowest BCUT2D eigenvalue weighted by Gasteiger charge is -2.23. The Kier molecular flexibility index (Phi) is 6.67. The predicted molar refractivity (Wildman–Crippen MR) is 128 cm³/mol. The van der Waals surface area contributed by atoms with Crippen molar-refractivity contribution in [3.63, 3.8) is 0 Å². The van der Waals surface area contributed by atoms with Crippen molar-refractivity contribution in [2.75, 3.05) is 37.3 Å². The fraction of sp³-hybridized carbons (Fsp3) is 0.522. The average Bonchev–Trinajstić information content (AvgIpc) is 2.92. The second-order valence-electron chi connectivity index (χ2n) is 9.07. The first kappa shape index (κ1) is 23.6. The number of nitrogens with zero attached hydrogens (tertiary/aromatic N) is 6. The number of aryl methyl sites for hydroxylation is 2. The summed E-state index contributed by atoms with van der Waals surface area (Å²) >= 11 is 0. The molecule has 0 unspecified atom stereocenters. The fourth-order valence-corrected chi connectivity index (χ4v) is 5.04. The Balaban J connectivity index is 1.81. The minimum atomic E-state index is -3.24. The molecule has 178 valence electrons. The van der Waals surface area contributed by atoms with E-state index in [2.05, 4.69) is 18.7 Å². The smallest absolute Gasteiger partial charge is 0.211 e. The summed E-state index contributed by atoms with van der Waals surface area (Å²) in [6.07, 6.45) is 3.66. The molecule has 0 atom stereocenters. The molecule has 3 heterocycles. The molecule has 1 saturated heterocycles. The van der Waals surface area contributed by atoms with Crippen LogP contribution >= 0.6 is 0 Å². The Morgan fingerprint density at radius 1 is 1.06 bits per heavy atom. The highest BCUT2D eigenvalue weighted by Crippen LogP contribution is 2.30. The monoisotopic (exact) mass is 474 g/mol. The van der Waals surface area contributed by atoms with Crippen LogP contribution in [-0.4, -0.2) is 64.9 Å². The Morgan fingerprint density at radius 2 is 1.79 bits per heavy atom. The molecule has 33 heavy (non-hydrogen) atoms. The second-order valence-corrected chi connectivity index (χ2v) is 11.1. The van der Waals surface area contributed by atoms with Gasteiger partial charge in [0.05, 0.1) is 23.0 Å². The number of anilines is 1. The van der Waals surface area contributed by atoms with Crippen molar-refractivity contribution in [1.82, 2.24) is 24.1 Å². The summed E-state index contributed by atoms with van der Waals surface area (Å²) in [5.74, 6) is 1.73. The van der Waals surface area contributed by atoms with E-state index in [9.17, 15) is 12.8 Å². The molecule has 3 aromatic rings. The topological polar surface area (TPSA) is 84.2 Å². The lowest BCUT2D eigenvalue weighted by Crippen LogP contribution is -2.34. The maximum absolute atomic E-state index is 13.5. The van der Waals surface area contributed by atoms with Gasteiger partial charge in [-0.15, -0.1) is 0 Å². The van der Waals surface area contributed by atoms with Crippen LogP contribution in [0.15, 0.2) is 24.3 Å². The molecule has 0 spiro atoms. The highest BCUT2D eigenvalue weighted by Gasteiger charge is 2.26. The van der Waals surface area contributed by atoms with Gasteiger partial charge in [-0.3, -0.25) is 0 Å². The van der Waals surface area contributed by atoms with Crippen LogP contribution in [0, 0.1) is 18.7 Å². The van der Waals surface area contributed by atoms with E-state index in [-0.39, 0.29) is 5.82 Å². The molecular formula is C23H31FN6O2S. The summed E-state index contributed by atoms with van der Waals surface area (Å²) in [7, 11) is -3.24. The van der Waals surface area contributed by atoms with Gasteiger partial charge in [0.2, 0.25) is 10.0 Å². The molecule has 0 amide bonds. The molecule has 2 aromatic heterocycles. The minimum absolute atomic E-state index is 0.306. The normalized spacial score (nSPS) is 16.0. The van der Waals surface area contributed by atoms with Crippen molar-refractivity contribution < 1.29 is 12.8 Å². The molecular weight excluding hydrogens is 443 g/mol. The number of fused-ring (bicyclic) bond motifs is 1. The van der Waals surface area contributed by atoms with Crippen LogP contribution < -0.4 is 4.90 Å². The van der Waals surface area contributed by atoms with E-state index in [0.29, 0.717) is 44.2 Å². The standard InChI is InChI=1S/C23H31FN6O2S/c1-16(2)6-11-20-25-22(28-12-5-13-29(15-14-28)33(4,31)32)21-17(3)27-30(23(21)26-20)19-9-7-18(24)8-10-19/h7-10,16H,5-6,11-15H2,1-4H3. The van der Waals surface area contributed by atoms with E-state index in [1.54, 1.807) is 16.8 Å². The molecule has 0 bridgehead atoms. The Morgan fingerprint density at radius 3 is 2.45 bits per heavy atom. The molecule has 1 aliphatic rings. The van der Waals surface area contributed by atoms with Crippen LogP contribution in [0.5, 0.6) is 0 Å². The van der Waals surface area contributed by atoms with Crippen molar-refractivity contribution >= 4 is 26.9 Å². The number of hydrogen-bond donors (Lipinski definition) is 0. The minimum Gasteiger partial charge on any atom is -0.355 e. The number of rotatable bonds is 6. The first-order chi connectivity index (χ1) is 15.6. The molecule has 0 radical (unpaired) electrons. The Labute approximate surface area is 194 Å². The molecule has 4 rings (SSSR count). The van der Waals surface area contributed by atoms with Gasteiger partial charge in [0, 0.05) is 32.6 Å². The van der Waals surface area contributed by atoms with E-state index in [1.807, 2.05) is 6.92 Å². The molecule has 0 N–H and O–H groups in total. The van der Waals surface area contributed by atoms with E-state index in [4.69, 9.17) is 15.1 Å². The number of benzene rings is 1. The van der Waals surface area contributed by atoms with E-state index in [1.165, 1.54) is 22.7 Å². The van der Waals surface area contributed by atoms with Gasteiger partial charge in [0.1, 0.15) is 17.5 Å². The molecule has 1 fully saturated rings. The van der Waals surface area contributed by atoms with E-state index >= 15 is 0 Å². The molecule has 0 saturated carbocycles. The number of hydrogen-bond acceptors (Lipinski definition) is 6. The third-order valence-electron chi connectivity index (χ3n) is 5.97. The van der Waals surface area contributed by atoms with Crippen LogP contribution in [-0.2, 0) is 16.4 Å². The SMILES string of the molecule is Cc1nn(-c2ccc(F)cc2)c2nc(CCC(C)C)nc(N3CCCN(S(C)(=O)=O)CC3)c12. The third kappa shape index (κ3) is 5.16. The van der Waals surface area contributed by atoms with Crippen LogP contribution in [0.2, 0.25) is 0 Å². The summed E-state index contributed by atoms with van der Waals surface area (Å²) in [5.41, 5.74) is 2.20. The molecule has 0 aliphatic carbocycles. The molecule has 10 heteroatoms. The summed E-state index contributed by atoms with van der Waals surface area (Å²) in [6, 6.07) is 6.20. The average molecular weight is 475 g/mol. The van der Waals surface area contributed by atoms with Crippen LogP contribution in [0.1, 0.15) is 38.2 Å². The van der Waals surface area contributed by atoms with Crippen LogP contribution in [0.4, 0.5) is 10.2 Å². The first-order valence-corrected chi connectivity index (χ1v) is 13.2. The Bertz CT molecular complexity index is 1240. The van der Waals surface area contributed by atoms with Crippen LogP contribution in [0.3, 0.4) is 0 Å². The van der Waals surface area contributed by atoms with Gasteiger partial charge in [-0.25, -0.2) is 31.8 Å². The maximum Gasteiger partial charge on any atom is 0.211 e. The highest BCUT2D eigenvalue weighted by atomic mass is 32.2. The highest BCUT2D eigenvalue weighted by molar-refractivity contribution is 7.88. The number of halogens is 1. The fourth-order valence-electron chi connectivity index (χ4n) is 4.16. The maximum atomic E-state index is 13.5. The zero-order valence-electron chi connectivity index (χ0n) is 19.6. The van der Waals surface area contributed by atoms with Crippen molar-refractivity contribution in [1.29, 1.82) is 0 Å². The third-order valence-corrected chi connectivity index (χ3v) is 7.27. The van der Waals surface area contributed by atoms with Crippen molar-refractivity contribution in [3.05, 3.63) is 41.6 Å². The zero-order valence-corrected chi connectivity index (χ0v) is 20.4. The molecule has 8 nitrogen and oxygen atoms in total. The number of aromatic nitrogens is 4. The molecule has 1 aromatic carbocycles. The molecule has 1 aliphatic heterocycles. The van der Waals surface area contributed by atoms with Gasteiger partial charge in [-0.1, -0.05) is 13.8 Å². The number of sulfonamides is 1. The van der Waals surface area contributed by atoms with Crippen LogP contribution in [0.25, 0.3) is 16.7 Å². The van der Waals surface area contributed by atoms with E-state index < -0.39 is 10.0 Å². The van der Waals surface area contributed by atoms with Gasteiger partial charge in [-0.05, 0) is 49.9 Å². The van der Waals surface area contributed by atoms with Gasteiger partial charge in [0.25, 0.3) is 0 Å².